The predicted molar refractivity (Wildman–Crippen MR) is 126 cm³/mol. The van der Waals surface area contributed by atoms with Crippen molar-refractivity contribution < 1.29 is 0 Å². The number of aromatic nitrogens is 3. The lowest BCUT2D eigenvalue weighted by Crippen LogP contribution is -2.44. The third-order valence-corrected chi connectivity index (χ3v) is 6.33. The van der Waals surface area contributed by atoms with Gasteiger partial charge in [0.05, 0.1) is 12.0 Å². The molecule has 1 fully saturated rings. The number of nitrogens with zero attached hydrogens (tertiary/aromatic N) is 3. The van der Waals surface area contributed by atoms with Crippen molar-refractivity contribution in [2.24, 2.45) is 0 Å². The molecular weight excluding hydrogens is 396 g/mol. The van der Waals surface area contributed by atoms with Crippen LogP contribution in [0.3, 0.4) is 0 Å². The van der Waals surface area contributed by atoms with Crippen LogP contribution in [0.25, 0.3) is 11.2 Å². The number of aryl methyl sites for hydroxylation is 1. The Morgan fingerprint density at radius 2 is 1.97 bits per heavy atom. The van der Waals surface area contributed by atoms with E-state index in [4.69, 9.17) is 21.6 Å². The molecule has 1 saturated carbocycles. The molecule has 1 aliphatic rings. The van der Waals surface area contributed by atoms with Gasteiger partial charge < -0.3 is 20.5 Å². The van der Waals surface area contributed by atoms with Gasteiger partial charge in [0.1, 0.15) is 11.3 Å². The Bertz CT molecular complexity index is 1010. The van der Waals surface area contributed by atoms with E-state index < -0.39 is 0 Å². The zero-order chi connectivity index (χ0) is 21.1. The SMILES string of the molecule is CCc1c(N[C@H]2CCCC[C@@H]2NC)nc2c(ncn2CC)c1Nc1cccc(Cl)c1. The Hall–Kier alpha value is -2.31. The minimum Gasteiger partial charge on any atom is -0.365 e. The molecule has 160 valence electrons. The number of rotatable bonds is 7. The largest absolute Gasteiger partial charge is 0.365 e. The van der Waals surface area contributed by atoms with Crippen LogP contribution in [0, 0.1) is 0 Å². The number of fused-ring (bicyclic) bond motifs is 1. The highest BCUT2D eigenvalue weighted by Gasteiger charge is 2.26. The standard InChI is InChI=1S/C23H31ClN6/c1-4-17-20(27-16-10-8-9-15(24)13-16)21-23(30(5-2)14-26-21)29-22(17)28-19-12-7-6-11-18(19)25-3/h8-10,13-14,18-19,25H,4-7,11-12H2,1-3H3,(H2,27,28,29)/t18-,19-/m0/s1. The van der Waals surface area contributed by atoms with E-state index in [0.29, 0.717) is 17.1 Å². The number of hydrogen-bond acceptors (Lipinski definition) is 5. The molecule has 0 unspecified atom stereocenters. The molecule has 7 heteroatoms. The van der Waals surface area contributed by atoms with Crippen LogP contribution in [0.1, 0.15) is 45.1 Å². The third-order valence-electron chi connectivity index (χ3n) is 6.10. The minimum absolute atomic E-state index is 0.371. The Balaban J connectivity index is 1.81. The summed E-state index contributed by atoms with van der Waals surface area (Å²) in [5.74, 6) is 0.955. The highest BCUT2D eigenvalue weighted by molar-refractivity contribution is 6.30. The monoisotopic (exact) mass is 426 g/mol. The average Bonchev–Trinajstić information content (AvgIpc) is 3.17. The Labute approximate surface area is 183 Å². The van der Waals surface area contributed by atoms with Crippen LogP contribution in [-0.4, -0.2) is 33.7 Å². The van der Waals surface area contributed by atoms with Crippen molar-refractivity contribution >= 4 is 40.0 Å². The van der Waals surface area contributed by atoms with E-state index >= 15 is 0 Å². The maximum absolute atomic E-state index is 6.23. The average molecular weight is 427 g/mol. The van der Waals surface area contributed by atoms with Gasteiger partial charge >= 0.3 is 0 Å². The second-order valence-corrected chi connectivity index (χ2v) is 8.37. The first-order chi connectivity index (χ1) is 14.6. The topological polar surface area (TPSA) is 66.8 Å². The summed E-state index contributed by atoms with van der Waals surface area (Å²) in [6, 6.07) is 8.64. The van der Waals surface area contributed by atoms with Crippen LogP contribution in [0.2, 0.25) is 5.02 Å². The molecule has 1 aliphatic carbocycles. The lowest BCUT2D eigenvalue weighted by molar-refractivity contribution is 0.361. The molecule has 0 bridgehead atoms. The Morgan fingerprint density at radius 3 is 2.67 bits per heavy atom. The van der Waals surface area contributed by atoms with Gasteiger partial charge in [-0.05, 0) is 51.4 Å². The van der Waals surface area contributed by atoms with Crippen molar-refractivity contribution in [1.82, 2.24) is 19.9 Å². The summed E-state index contributed by atoms with van der Waals surface area (Å²) < 4.78 is 2.10. The summed E-state index contributed by atoms with van der Waals surface area (Å²) in [6.45, 7) is 5.11. The van der Waals surface area contributed by atoms with Crippen LogP contribution >= 0.6 is 11.6 Å². The second kappa shape index (κ2) is 9.23. The van der Waals surface area contributed by atoms with Gasteiger partial charge in [0.15, 0.2) is 5.65 Å². The molecule has 0 amide bonds. The predicted octanol–water partition coefficient (Wildman–Crippen LogP) is 5.35. The van der Waals surface area contributed by atoms with Crippen LogP contribution in [-0.2, 0) is 13.0 Å². The van der Waals surface area contributed by atoms with Crippen LogP contribution in [0.15, 0.2) is 30.6 Å². The first kappa shape index (κ1) is 20.9. The summed E-state index contributed by atoms with van der Waals surface area (Å²) in [4.78, 5) is 9.76. The smallest absolute Gasteiger partial charge is 0.164 e. The molecule has 3 aromatic rings. The maximum Gasteiger partial charge on any atom is 0.164 e. The van der Waals surface area contributed by atoms with E-state index in [9.17, 15) is 0 Å². The van der Waals surface area contributed by atoms with E-state index in [1.807, 2.05) is 30.6 Å². The molecule has 0 radical (unpaired) electrons. The lowest BCUT2D eigenvalue weighted by atomic mass is 9.90. The van der Waals surface area contributed by atoms with Gasteiger partial charge in [-0.2, -0.15) is 0 Å². The zero-order valence-electron chi connectivity index (χ0n) is 18.0. The molecule has 0 spiro atoms. The molecule has 30 heavy (non-hydrogen) atoms. The molecule has 1 aromatic carbocycles. The molecular formula is C23H31ClN6. The van der Waals surface area contributed by atoms with Gasteiger partial charge in [-0.15, -0.1) is 0 Å². The van der Waals surface area contributed by atoms with E-state index in [1.165, 1.54) is 19.3 Å². The lowest BCUT2D eigenvalue weighted by Gasteiger charge is -2.33. The van der Waals surface area contributed by atoms with E-state index in [2.05, 4.69) is 41.4 Å². The highest BCUT2D eigenvalue weighted by atomic mass is 35.5. The first-order valence-corrected chi connectivity index (χ1v) is 11.4. The fourth-order valence-electron chi connectivity index (χ4n) is 4.47. The molecule has 0 saturated heterocycles. The Morgan fingerprint density at radius 1 is 1.17 bits per heavy atom. The molecule has 0 aliphatic heterocycles. The van der Waals surface area contributed by atoms with Gasteiger partial charge in [0.2, 0.25) is 0 Å². The summed E-state index contributed by atoms with van der Waals surface area (Å²) in [5, 5.41) is 11.6. The molecule has 6 nitrogen and oxygen atoms in total. The van der Waals surface area contributed by atoms with Crippen molar-refractivity contribution in [2.45, 2.75) is 64.6 Å². The molecule has 2 heterocycles. The Kier molecular flexibility index (Phi) is 6.44. The normalized spacial score (nSPS) is 19.2. The van der Waals surface area contributed by atoms with Crippen molar-refractivity contribution in [3.63, 3.8) is 0 Å². The van der Waals surface area contributed by atoms with Gasteiger partial charge in [-0.1, -0.05) is 37.4 Å². The number of likely N-dealkylation sites (N-methyl/N-ethyl adjacent to an activating group) is 1. The number of benzene rings is 1. The molecule has 2 atom stereocenters. The second-order valence-electron chi connectivity index (χ2n) is 7.94. The number of hydrogen-bond donors (Lipinski definition) is 3. The van der Waals surface area contributed by atoms with Crippen LogP contribution < -0.4 is 16.0 Å². The summed E-state index contributed by atoms with van der Waals surface area (Å²) >= 11 is 6.23. The van der Waals surface area contributed by atoms with E-state index in [-0.39, 0.29) is 0 Å². The molecule has 2 aromatic heterocycles. The van der Waals surface area contributed by atoms with Crippen molar-refractivity contribution in [3.05, 3.63) is 41.2 Å². The fraction of sp³-hybridized carbons (Fsp3) is 0.478. The summed E-state index contributed by atoms with van der Waals surface area (Å²) in [6.07, 6.45) is 7.60. The summed E-state index contributed by atoms with van der Waals surface area (Å²) in [5.41, 5.74) is 4.92. The maximum atomic E-state index is 6.23. The first-order valence-electron chi connectivity index (χ1n) is 11.0. The quantitative estimate of drug-likeness (QED) is 0.475. The number of halogens is 1. The van der Waals surface area contributed by atoms with E-state index in [1.54, 1.807) is 0 Å². The third kappa shape index (κ3) is 4.12. The van der Waals surface area contributed by atoms with E-state index in [0.717, 1.165) is 53.3 Å². The number of pyridine rings is 1. The number of nitrogens with one attached hydrogen (secondary N) is 3. The molecule has 3 N–H and O–H groups in total. The number of anilines is 3. The van der Waals surface area contributed by atoms with Gasteiger partial charge in [0, 0.05) is 34.9 Å². The van der Waals surface area contributed by atoms with Crippen molar-refractivity contribution in [2.75, 3.05) is 17.7 Å². The van der Waals surface area contributed by atoms with Crippen LogP contribution in [0.4, 0.5) is 17.2 Å². The van der Waals surface area contributed by atoms with Gasteiger partial charge in [0.25, 0.3) is 0 Å². The van der Waals surface area contributed by atoms with Crippen LogP contribution in [0.5, 0.6) is 0 Å². The summed E-state index contributed by atoms with van der Waals surface area (Å²) in [7, 11) is 2.06. The van der Waals surface area contributed by atoms with Gasteiger partial charge in [-0.25, -0.2) is 9.97 Å². The zero-order valence-corrected chi connectivity index (χ0v) is 18.8. The number of imidazole rings is 1. The van der Waals surface area contributed by atoms with Crippen molar-refractivity contribution in [1.29, 1.82) is 0 Å². The minimum atomic E-state index is 0.371. The highest BCUT2D eigenvalue weighted by Crippen LogP contribution is 2.35. The van der Waals surface area contributed by atoms with Crippen molar-refractivity contribution in [3.8, 4) is 0 Å². The van der Waals surface area contributed by atoms with Gasteiger partial charge in [-0.3, -0.25) is 0 Å². The fourth-order valence-corrected chi connectivity index (χ4v) is 4.66. The molecule has 4 rings (SSSR count).